The van der Waals surface area contributed by atoms with Gasteiger partial charge in [0.25, 0.3) is 0 Å². The first-order chi connectivity index (χ1) is 8.66. The lowest BCUT2D eigenvalue weighted by Crippen LogP contribution is -2.39. The van der Waals surface area contributed by atoms with Crippen LogP contribution < -0.4 is 0 Å². The topological polar surface area (TPSA) is 43.8 Å². The number of likely N-dealkylation sites (tertiary alicyclic amines) is 1. The summed E-state index contributed by atoms with van der Waals surface area (Å²) in [6, 6.07) is 1.36. The van der Waals surface area contributed by atoms with Gasteiger partial charge < -0.3 is 10.0 Å². The van der Waals surface area contributed by atoms with E-state index in [1.807, 2.05) is 0 Å². The maximum Gasteiger partial charge on any atom is 0.304 e. The average molecular weight is 254 g/mol. The van der Waals surface area contributed by atoms with Gasteiger partial charge in [-0.25, -0.2) is 0 Å². The standard InChI is InChI=1S/C14H26N2O2/c1-15(9-8-14(17)18)13-7-10-16(11-13)12-5-3-2-4-6-12/h12-13H,2-11H2,1H3,(H,17,18). The molecule has 0 bridgehead atoms. The summed E-state index contributed by atoms with van der Waals surface area (Å²) in [5.74, 6) is -0.691. The maximum atomic E-state index is 10.6. The zero-order chi connectivity index (χ0) is 13.0. The van der Waals surface area contributed by atoms with E-state index in [4.69, 9.17) is 5.11 Å². The lowest BCUT2D eigenvalue weighted by Gasteiger charge is -2.32. The van der Waals surface area contributed by atoms with E-state index in [-0.39, 0.29) is 6.42 Å². The summed E-state index contributed by atoms with van der Waals surface area (Å²) in [5.41, 5.74) is 0. The number of carbonyl (C=O) groups is 1. The molecule has 1 aliphatic carbocycles. The lowest BCUT2D eigenvalue weighted by atomic mass is 9.94. The highest BCUT2D eigenvalue weighted by atomic mass is 16.4. The monoisotopic (exact) mass is 254 g/mol. The van der Waals surface area contributed by atoms with E-state index in [0.29, 0.717) is 12.6 Å². The molecule has 0 amide bonds. The zero-order valence-corrected chi connectivity index (χ0v) is 11.5. The molecule has 1 atom stereocenters. The molecular formula is C14H26N2O2. The molecule has 1 N–H and O–H groups in total. The molecule has 1 saturated heterocycles. The van der Waals surface area contributed by atoms with E-state index < -0.39 is 5.97 Å². The van der Waals surface area contributed by atoms with Crippen molar-refractivity contribution in [1.82, 2.24) is 9.80 Å². The number of hydrogen-bond acceptors (Lipinski definition) is 3. The van der Waals surface area contributed by atoms with Crippen molar-refractivity contribution in [3.05, 3.63) is 0 Å². The van der Waals surface area contributed by atoms with Crippen LogP contribution in [0.3, 0.4) is 0 Å². The van der Waals surface area contributed by atoms with E-state index >= 15 is 0 Å². The van der Waals surface area contributed by atoms with Crippen molar-refractivity contribution in [3.8, 4) is 0 Å². The Balaban J connectivity index is 1.74. The number of nitrogens with zero attached hydrogens (tertiary/aromatic N) is 2. The van der Waals surface area contributed by atoms with Gasteiger partial charge in [-0.15, -0.1) is 0 Å². The Morgan fingerprint density at radius 3 is 2.67 bits per heavy atom. The molecule has 4 heteroatoms. The smallest absolute Gasteiger partial charge is 0.304 e. The molecule has 0 aromatic carbocycles. The molecule has 0 radical (unpaired) electrons. The van der Waals surface area contributed by atoms with Gasteiger partial charge in [0.15, 0.2) is 0 Å². The Morgan fingerprint density at radius 1 is 1.28 bits per heavy atom. The maximum absolute atomic E-state index is 10.6. The van der Waals surface area contributed by atoms with Crippen LogP contribution in [0.5, 0.6) is 0 Å². The molecule has 2 rings (SSSR count). The van der Waals surface area contributed by atoms with Crippen LogP contribution in [0.1, 0.15) is 44.9 Å². The van der Waals surface area contributed by atoms with Gasteiger partial charge in [0.2, 0.25) is 0 Å². The molecule has 2 fully saturated rings. The second kappa shape index (κ2) is 6.53. The summed E-state index contributed by atoms with van der Waals surface area (Å²) < 4.78 is 0. The van der Waals surface area contributed by atoms with E-state index in [0.717, 1.165) is 12.6 Å². The van der Waals surface area contributed by atoms with Gasteiger partial charge in [0.05, 0.1) is 6.42 Å². The van der Waals surface area contributed by atoms with Gasteiger partial charge in [-0.1, -0.05) is 19.3 Å². The number of aliphatic carboxylic acids is 1. The number of carboxylic acids is 1. The second-order valence-corrected chi connectivity index (χ2v) is 5.85. The van der Waals surface area contributed by atoms with E-state index in [2.05, 4.69) is 16.8 Å². The fourth-order valence-corrected chi connectivity index (χ4v) is 3.36. The molecule has 0 aromatic heterocycles. The summed E-state index contributed by atoms with van der Waals surface area (Å²) >= 11 is 0. The van der Waals surface area contributed by atoms with E-state index in [9.17, 15) is 4.79 Å². The fourth-order valence-electron chi connectivity index (χ4n) is 3.36. The van der Waals surface area contributed by atoms with Crippen LogP contribution in [0.4, 0.5) is 0 Å². The van der Waals surface area contributed by atoms with Crippen molar-refractivity contribution in [1.29, 1.82) is 0 Å². The minimum atomic E-state index is -0.691. The van der Waals surface area contributed by atoms with Gasteiger partial charge in [0.1, 0.15) is 0 Å². The second-order valence-electron chi connectivity index (χ2n) is 5.85. The Labute approximate surface area is 110 Å². The summed E-state index contributed by atoms with van der Waals surface area (Å²) in [6.07, 6.45) is 8.38. The Kier molecular flexibility index (Phi) is 5.01. The van der Waals surface area contributed by atoms with Crippen molar-refractivity contribution in [2.75, 3.05) is 26.7 Å². The molecule has 1 heterocycles. The Bertz CT molecular complexity index is 277. The van der Waals surface area contributed by atoms with Gasteiger partial charge in [-0.05, 0) is 26.3 Å². The van der Waals surface area contributed by atoms with E-state index in [1.165, 1.54) is 45.1 Å². The molecule has 0 spiro atoms. The highest BCUT2D eigenvalue weighted by Crippen LogP contribution is 2.26. The third-order valence-electron chi connectivity index (χ3n) is 4.59. The van der Waals surface area contributed by atoms with Crippen molar-refractivity contribution in [3.63, 3.8) is 0 Å². The summed E-state index contributed by atoms with van der Waals surface area (Å²) in [7, 11) is 2.07. The lowest BCUT2D eigenvalue weighted by molar-refractivity contribution is -0.137. The van der Waals surface area contributed by atoms with Crippen LogP contribution in [0.15, 0.2) is 0 Å². The van der Waals surface area contributed by atoms with Crippen LogP contribution >= 0.6 is 0 Å². The first kappa shape index (κ1) is 13.8. The first-order valence-electron chi connectivity index (χ1n) is 7.33. The third kappa shape index (κ3) is 3.69. The summed E-state index contributed by atoms with van der Waals surface area (Å²) in [6.45, 7) is 3.02. The predicted octanol–water partition coefficient (Wildman–Crippen LogP) is 1.80. The number of likely N-dealkylation sites (N-methyl/N-ethyl adjacent to an activating group) is 1. The highest BCUT2D eigenvalue weighted by molar-refractivity contribution is 5.66. The zero-order valence-electron chi connectivity index (χ0n) is 11.5. The summed E-state index contributed by atoms with van der Waals surface area (Å²) in [5, 5.41) is 8.72. The van der Waals surface area contributed by atoms with E-state index in [1.54, 1.807) is 0 Å². The van der Waals surface area contributed by atoms with Crippen molar-refractivity contribution < 1.29 is 9.90 Å². The highest BCUT2D eigenvalue weighted by Gasteiger charge is 2.30. The molecule has 1 unspecified atom stereocenters. The summed E-state index contributed by atoms with van der Waals surface area (Å²) in [4.78, 5) is 15.5. The predicted molar refractivity (Wildman–Crippen MR) is 71.7 cm³/mol. The molecule has 104 valence electrons. The molecule has 1 aliphatic heterocycles. The fraction of sp³-hybridized carbons (Fsp3) is 0.929. The van der Waals surface area contributed by atoms with Crippen LogP contribution in [0.2, 0.25) is 0 Å². The van der Waals surface area contributed by atoms with Crippen LogP contribution in [-0.4, -0.2) is 59.6 Å². The molecule has 18 heavy (non-hydrogen) atoms. The molecular weight excluding hydrogens is 228 g/mol. The molecule has 0 aromatic rings. The minimum Gasteiger partial charge on any atom is -0.481 e. The van der Waals surface area contributed by atoms with Gasteiger partial charge in [-0.3, -0.25) is 9.69 Å². The molecule has 4 nitrogen and oxygen atoms in total. The quantitative estimate of drug-likeness (QED) is 0.812. The van der Waals surface area contributed by atoms with Crippen LogP contribution in [0, 0.1) is 0 Å². The first-order valence-corrected chi connectivity index (χ1v) is 7.33. The van der Waals surface area contributed by atoms with Crippen molar-refractivity contribution in [2.45, 2.75) is 57.0 Å². The Hall–Kier alpha value is -0.610. The average Bonchev–Trinajstić information content (AvgIpc) is 2.86. The van der Waals surface area contributed by atoms with Crippen LogP contribution in [0.25, 0.3) is 0 Å². The Morgan fingerprint density at radius 2 is 2.00 bits per heavy atom. The number of carboxylic acid groups (broad SMARTS) is 1. The van der Waals surface area contributed by atoms with Gasteiger partial charge in [-0.2, -0.15) is 0 Å². The largest absolute Gasteiger partial charge is 0.481 e. The molecule has 1 saturated carbocycles. The number of rotatable bonds is 5. The van der Waals surface area contributed by atoms with Crippen molar-refractivity contribution in [2.24, 2.45) is 0 Å². The minimum absolute atomic E-state index is 0.260. The third-order valence-corrected chi connectivity index (χ3v) is 4.59. The van der Waals surface area contributed by atoms with Gasteiger partial charge in [0, 0.05) is 31.7 Å². The van der Waals surface area contributed by atoms with Gasteiger partial charge >= 0.3 is 5.97 Å². The van der Waals surface area contributed by atoms with Crippen LogP contribution in [-0.2, 0) is 4.79 Å². The normalized spacial score (nSPS) is 26.9. The molecule has 2 aliphatic rings. The van der Waals surface area contributed by atoms with Crippen molar-refractivity contribution >= 4 is 5.97 Å². The SMILES string of the molecule is CN(CCC(=O)O)C1CCN(C2CCCCC2)C1. The number of hydrogen-bond donors (Lipinski definition) is 1.